The highest BCUT2D eigenvalue weighted by Crippen LogP contribution is 2.33. The molecule has 1 aromatic carbocycles. The number of hydrogen-bond donors (Lipinski definition) is 2. The summed E-state index contributed by atoms with van der Waals surface area (Å²) in [4.78, 5) is 12.0. The Kier molecular flexibility index (Phi) is 4.73. The molecule has 1 atom stereocenters. The lowest BCUT2D eigenvalue weighted by atomic mass is 9.97. The molecule has 1 aliphatic heterocycles. The van der Waals surface area contributed by atoms with Crippen molar-refractivity contribution in [2.75, 3.05) is 5.32 Å². The van der Waals surface area contributed by atoms with Crippen LogP contribution in [0.5, 0.6) is 0 Å². The molecule has 1 heterocycles. The second-order valence-corrected chi connectivity index (χ2v) is 8.34. The van der Waals surface area contributed by atoms with Gasteiger partial charge in [0.25, 0.3) is 0 Å². The maximum atomic E-state index is 12.7. The summed E-state index contributed by atoms with van der Waals surface area (Å²) in [6, 6.07) is 4.90. The first-order chi connectivity index (χ1) is 11.0. The normalized spacial score (nSPS) is 23.0. The Hall–Kier alpha value is -1.40. The van der Waals surface area contributed by atoms with E-state index in [0.717, 1.165) is 31.2 Å². The quantitative estimate of drug-likeness (QED) is 0.890. The van der Waals surface area contributed by atoms with Crippen LogP contribution < -0.4 is 10.0 Å². The summed E-state index contributed by atoms with van der Waals surface area (Å²) >= 11 is 0. The first-order valence-electron chi connectivity index (χ1n) is 8.44. The minimum atomic E-state index is -3.54. The largest absolute Gasteiger partial charge is 0.325 e. The third-order valence-corrected chi connectivity index (χ3v) is 6.40. The van der Waals surface area contributed by atoms with Gasteiger partial charge < -0.3 is 5.32 Å². The van der Waals surface area contributed by atoms with E-state index in [0.29, 0.717) is 5.69 Å². The number of nitrogens with one attached hydrogen (secondary N) is 2. The van der Waals surface area contributed by atoms with Gasteiger partial charge in [0.15, 0.2) is 0 Å². The Morgan fingerprint density at radius 1 is 1.09 bits per heavy atom. The zero-order chi connectivity index (χ0) is 16.4. The molecule has 6 heteroatoms. The molecule has 5 nitrogen and oxygen atoms in total. The molecule has 2 aliphatic rings. The van der Waals surface area contributed by atoms with Crippen molar-refractivity contribution in [3.8, 4) is 0 Å². The molecule has 1 saturated carbocycles. The Labute approximate surface area is 137 Å². The van der Waals surface area contributed by atoms with E-state index < -0.39 is 10.0 Å². The highest BCUT2D eigenvalue weighted by molar-refractivity contribution is 7.89. The van der Waals surface area contributed by atoms with Gasteiger partial charge in [-0.15, -0.1) is 0 Å². The number of sulfonamides is 1. The second kappa shape index (κ2) is 6.61. The Morgan fingerprint density at radius 2 is 1.74 bits per heavy atom. The van der Waals surface area contributed by atoms with Crippen LogP contribution in [0.15, 0.2) is 23.1 Å². The highest BCUT2D eigenvalue weighted by atomic mass is 32.2. The molecule has 126 valence electrons. The van der Waals surface area contributed by atoms with E-state index in [4.69, 9.17) is 0 Å². The number of amides is 1. The molecule has 0 saturated heterocycles. The third-order valence-electron chi connectivity index (χ3n) is 4.88. The monoisotopic (exact) mass is 336 g/mol. The molecule has 0 spiro atoms. The summed E-state index contributed by atoms with van der Waals surface area (Å²) in [7, 11) is -3.54. The van der Waals surface area contributed by atoms with E-state index in [2.05, 4.69) is 10.0 Å². The molecule has 3 rings (SSSR count). The number of carbonyl (C=O) groups excluding carboxylic acids is 1. The minimum absolute atomic E-state index is 0.0192. The second-order valence-electron chi connectivity index (χ2n) is 6.62. The summed E-state index contributed by atoms with van der Waals surface area (Å²) < 4.78 is 28.2. The zero-order valence-electron chi connectivity index (χ0n) is 13.5. The molecule has 0 aromatic heterocycles. The van der Waals surface area contributed by atoms with Gasteiger partial charge in [-0.3, -0.25) is 4.79 Å². The van der Waals surface area contributed by atoms with Gasteiger partial charge in [-0.2, -0.15) is 0 Å². The number of carbonyl (C=O) groups is 1. The Bertz CT molecular complexity index is 692. The van der Waals surface area contributed by atoms with E-state index in [1.807, 2.05) is 0 Å². The predicted molar refractivity (Wildman–Crippen MR) is 89.9 cm³/mol. The summed E-state index contributed by atoms with van der Waals surface area (Å²) in [6.07, 6.45) is 7.58. The van der Waals surface area contributed by atoms with Gasteiger partial charge in [0.2, 0.25) is 15.9 Å². The lowest BCUT2D eigenvalue weighted by molar-refractivity contribution is -0.116. The Morgan fingerprint density at radius 3 is 2.43 bits per heavy atom. The van der Waals surface area contributed by atoms with Crippen molar-refractivity contribution in [1.82, 2.24) is 4.72 Å². The fourth-order valence-corrected chi connectivity index (χ4v) is 4.76. The average molecular weight is 336 g/mol. The van der Waals surface area contributed by atoms with Gasteiger partial charge in [0.1, 0.15) is 0 Å². The van der Waals surface area contributed by atoms with Crippen molar-refractivity contribution in [1.29, 1.82) is 0 Å². The summed E-state index contributed by atoms with van der Waals surface area (Å²) in [5.74, 6) is -0.385. The fourth-order valence-electron chi connectivity index (χ4n) is 3.42. The zero-order valence-corrected chi connectivity index (χ0v) is 14.3. The number of fused-ring (bicyclic) bond motifs is 1. The van der Waals surface area contributed by atoms with Crippen LogP contribution in [0.2, 0.25) is 0 Å². The van der Waals surface area contributed by atoms with Crippen LogP contribution >= 0.6 is 0 Å². The van der Waals surface area contributed by atoms with Crippen LogP contribution in [-0.2, 0) is 14.8 Å². The van der Waals surface area contributed by atoms with Gasteiger partial charge in [-0.05, 0) is 43.5 Å². The van der Waals surface area contributed by atoms with Crippen LogP contribution in [0, 0.1) is 0 Å². The number of benzene rings is 1. The van der Waals surface area contributed by atoms with Crippen molar-refractivity contribution in [3.05, 3.63) is 23.8 Å². The highest BCUT2D eigenvalue weighted by Gasteiger charge is 2.29. The van der Waals surface area contributed by atoms with Crippen molar-refractivity contribution >= 4 is 21.6 Å². The molecule has 23 heavy (non-hydrogen) atoms. The lowest BCUT2D eigenvalue weighted by Crippen LogP contribution is -2.35. The molecule has 1 fully saturated rings. The van der Waals surface area contributed by atoms with E-state index in [9.17, 15) is 13.2 Å². The summed E-state index contributed by atoms with van der Waals surface area (Å²) in [6.45, 7) is 1.79. The summed E-state index contributed by atoms with van der Waals surface area (Å²) in [5.41, 5.74) is 1.47. The third kappa shape index (κ3) is 3.58. The molecule has 0 unspecified atom stereocenters. The van der Waals surface area contributed by atoms with Gasteiger partial charge in [-0.1, -0.05) is 32.1 Å². The van der Waals surface area contributed by atoms with Crippen LogP contribution in [0.4, 0.5) is 5.69 Å². The maximum absolute atomic E-state index is 12.7. The first kappa shape index (κ1) is 16.5. The SMILES string of the molecule is C[C@@H]1C(=O)Nc2ccc(S(=O)(=O)NC3CCCCCCC3)cc21. The molecule has 2 N–H and O–H groups in total. The summed E-state index contributed by atoms with van der Waals surface area (Å²) in [5, 5.41) is 2.77. The average Bonchev–Trinajstić information content (AvgIpc) is 2.76. The van der Waals surface area contributed by atoms with E-state index in [1.165, 1.54) is 19.3 Å². The molecular weight excluding hydrogens is 312 g/mol. The van der Waals surface area contributed by atoms with Gasteiger partial charge in [-0.25, -0.2) is 13.1 Å². The predicted octanol–water partition coefficient (Wildman–Crippen LogP) is 3.13. The number of hydrogen-bond acceptors (Lipinski definition) is 3. The molecule has 1 aliphatic carbocycles. The molecule has 0 bridgehead atoms. The smallest absolute Gasteiger partial charge is 0.240 e. The van der Waals surface area contributed by atoms with Crippen molar-refractivity contribution in [3.63, 3.8) is 0 Å². The number of anilines is 1. The van der Waals surface area contributed by atoms with Crippen LogP contribution in [-0.4, -0.2) is 20.4 Å². The Balaban J connectivity index is 1.78. The van der Waals surface area contributed by atoms with E-state index >= 15 is 0 Å². The van der Waals surface area contributed by atoms with Gasteiger partial charge in [0.05, 0.1) is 10.8 Å². The molecule has 1 amide bonds. The molecule has 1 aromatic rings. The van der Waals surface area contributed by atoms with Crippen LogP contribution in [0.3, 0.4) is 0 Å². The fraction of sp³-hybridized carbons (Fsp3) is 0.588. The topological polar surface area (TPSA) is 75.3 Å². The number of rotatable bonds is 3. The maximum Gasteiger partial charge on any atom is 0.240 e. The lowest BCUT2D eigenvalue weighted by Gasteiger charge is -2.21. The standard InChI is InChI=1S/C17H24N2O3S/c1-12-15-11-14(9-10-16(15)18-17(12)20)23(21,22)19-13-7-5-3-2-4-6-8-13/h9-13,19H,2-8H2,1H3,(H,18,20)/t12-/m0/s1. The molecule has 0 radical (unpaired) electrons. The van der Waals surface area contributed by atoms with Crippen LogP contribution in [0.1, 0.15) is 63.4 Å². The van der Waals surface area contributed by atoms with Gasteiger partial charge in [0, 0.05) is 11.7 Å². The van der Waals surface area contributed by atoms with E-state index in [-0.39, 0.29) is 22.8 Å². The van der Waals surface area contributed by atoms with Gasteiger partial charge >= 0.3 is 0 Å². The first-order valence-corrected chi connectivity index (χ1v) is 9.93. The molecular formula is C17H24N2O3S. The van der Waals surface area contributed by atoms with Crippen molar-refractivity contribution in [2.24, 2.45) is 0 Å². The van der Waals surface area contributed by atoms with Crippen molar-refractivity contribution in [2.45, 2.75) is 68.7 Å². The van der Waals surface area contributed by atoms with Crippen molar-refractivity contribution < 1.29 is 13.2 Å². The minimum Gasteiger partial charge on any atom is -0.325 e. The van der Waals surface area contributed by atoms with Crippen LogP contribution in [0.25, 0.3) is 0 Å². The van der Waals surface area contributed by atoms with E-state index in [1.54, 1.807) is 25.1 Å².